The molecule has 3 nitrogen and oxygen atoms in total. The van der Waals surface area contributed by atoms with Crippen LogP contribution in [0.15, 0.2) is 18.2 Å². The Balaban J connectivity index is 2.85. The molecule has 1 aromatic carbocycles. The van der Waals surface area contributed by atoms with Gasteiger partial charge in [-0.1, -0.05) is 13.8 Å². The normalized spacial score (nSPS) is 10.4. The molecule has 0 atom stereocenters. The zero-order valence-electron chi connectivity index (χ0n) is 8.66. The van der Waals surface area contributed by atoms with Gasteiger partial charge in [0.05, 0.1) is 15.7 Å². The quantitative estimate of drug-likeness (QED) is 0.868. The maximum Gasteiger partial charge on any atom is 0.335 e. The average Bonchev–Trinajstić information content (AvgIpc) is 2.16. The first-order chi connectivity index (χ1) is 7.00. The van der Waals surface area contributed by atoms with E-state index in [1.165, 1.54) is 0 Å². The van der Waals surface area contributed by atoms with Gasteiger partial charge in [-0.05, 0) is 46.7 Å². The monoisotopic (exact) mass is 320 g/mol. The minimum atomic E-state index is -0.930. The molecule has 4 heteroatoms. The van der Waals surface area contributed by atoms with E-state index in [2.05, 4.69) is 22.6 Å². The van der Waals surface area contributed by atoms with Crippen LogP contribution >= 0.6 is 22.6 Å². The SMILES string of the molecule is CC(C)COc1cc(C(=O)O)ccc1I. The summed E-state index contributed by atoms with van der Waals surface area (Å²) in [6.45, 7) is 4.70. The predicted octanol–water partition coefficient (Wildman–Crippen LogP) is 3.02. The van der Waals surface area contributed by atoms with E-state index in [1.807, 2.05) is 13.8 Å². The molecule has 0 amide bonds. The zero-order chi connectivity index (χ0) is 11.4. The van der Waals surface area contributed by atoms with Crippen LogP contribution in [0.4, 0.5) is 0 Å². The highest BCUT2D eigenvalue weighted by atomic mass is 127. The van der Waals surface area contributed by atoms with Gasteiger partial charge in [0, 0.05) is 0 Å². The smallest absolute Gasteiger partial charge is 0.335 e. The van der Waals surface area contributed by atoms with Gasteiger partial charge in [-0.3, -0.25) is 0 Å². The molecule has 82 valence electrons. The van der Waals surface area contributed by atoms with Crippen LogP contribution in [0.25, 0.3) is 0 Å². The van der Waals surface area contributed by atoms with Gasteiger partial charge in [-0.25, -0.2) is 4.79 Å². The number of carboxylic acid groups (broad SMARTS) is 1. The Bertz CT molecular complexity index is 361. The summed E-state index contributed by atoms with van der Waals surface area (Å²) in [6.07, 6.45) is 0. The summed E-state index contributed by atoms with van der Waals surface area (Å²) in [5.74, 6) is 0.138. The largest absolute Gasteiger partial charge is 0.492 e. The van der Waals surface area contributed by atoms with E-state index in [-0.39, 0.29) is 5.56 Å². The fourth-order valence-corrected chi connectivity index (χ4v) is 1.49. The second kappa shape index (κ2) is 5.34. The summed E-state index contributed by atoms with van der Waals surface area (Å²) in [5, 5.41) is 8.82. The maximum atomic E-state index is 10.7. The Morgan fingerprint density at radius 3 is 2.73 bits per heavy atom. The molecule has 0 unspecified atom stereocenters. The maximum absolute atomic E-state index is 10.7. The molecule has 0 radical (unpaired) electrons. The lowest BCUT2D eigenvalue weighted by molar-refractivity contribution is 0.0696. The Morgan fingerprint density at radius 1 is 1.53 bits per heavy atom. The van der Waals surface area contributed by atoms with Gasteiger partial charge < -0.3 is 9.84 Å². The van der Waals surface area contributed by atoms with Crippen molar-refractivity contribution < 1.29 is 14.6 Å². The van der Waals surface area contributed by atoms with Gasteiger partial charge in [-0.2, -0.15) is 0 Å². The Labute approximate surface area is 103 Å². The number of ether oxygens (including phenoxy) is 1. The van der Waals surface area contributed by atoms with Crippen molar-refractivity contribution in [3.05, 3.63) is 27.3 Å². The Morgan fingerprint density at radius 2 is 2.20 bits per heavy atom. The summed E-state index contributed by atoms with van der Waals surface area (Å²) in [5.41, 5.74) is 0.258. The van der Waals surface area contributed by atoms with Crippen LogP contribution < -0.4 is 4.74 Å². The number of hydrogen-bond acceptors (Lipinski definition) is 2. The number of hydrogen-bond donors (Lipinski definition) is 1. The molecule has 0 aromatic heterocycles. The lowest BCUT2D eigenvalue weighted by Crippen LogP contribution is -2.06. The molecule has 1 aromatic rings. The fraction of sp³-hybridized carbons (Fsp3) is 0.364. The topological polar surface area (TPSA) is 46.5 Å². The van der Waals surface area contributed by atoms with Crippen molar-refractivity contribution in [3.8, 4) is 5.75 Å². The van der Waals surface area contributed by atoms with E-state index in [1.54, 1.807) is 18.2 Å². The van der Waals surface area contributed by atoms with Crippen molar-refractivity contribution in [2.75, 3.05) is 6.61 Å². The van der Waals surface area contributed by atoms with E-state index in [9.17, 15) is 4.79 Å². The standard InChI is InChI=1S/C11H13IO3/c1-7(2)6-15-10-5-8(11(13)14)3-4-9(10)12/h3-5,7H,6H2,1-2H3,(H,13,14). The van der Waals surface area contributed by atoms with Crippen LogP contribution in [0.1, 0.15) is 24.2 Å². The van der Waals surface area contributed by atoms with Crippen molar-refractivity contribution in [1.82, 2.24) is 0 Å². The van der Waals surface area contributed by atoms with Gasteiger partial charge in [0.15, 0.2) is 0 Å². The molecule has 0 fully saturated rings. The number of rotatable bonds is 4. The van der Waals surface area contributed by atoms with E-state index in [0.717, 1.165) is 3.57 Å². The highest BCUT2D eigenvalue weighted by Crippen LogP contribution is 2.22. The van der Waals surface area contributed by atoms with Gasteiger partial charge in [0.1, 0.15) is 5.75 Å². The summed E-state index contributed by atoms with van der Waals surface area (Å²) in [4.78, 5) is 10.7. The Kier molecular flexibility index (Phi) is 4.38. The van der Waals surface area contributed by atoms with Crippen molar-refractivity contribution in [1.29, 1.82) is 0 Å². The van der Waals surface area contributed by atoms with E-state index in [4.69, 9.17) is 9.84 Å². The van der Waals surface area contributed by atoms with Crippen LogP contribution in [-0.2, 0) is 0 Å². The highest BCUT2D eigenvalue weighted by molar-refractivity contribution is 14.1. The first kappa shape index (κ1) is 12.3. The molecule has 0 aliphatic rings. The number of halogens is 1. The minimum Gasteiger partial charge on any atom is -0.492 e. The van der Waals surface area contributed by atoms with Crippen LogP contribution in [0.2, 0.25) is 0 Å². The van der Waals surface area contributed by atoms with Gasteiger partial charge in [-0.15, -0.1) is 0 Å². The molecular formula is C11H13IO3. The lowest BCUT2D eigenvalue weighted by Gasteiger charge is -2.10. The average molecular weight is 320 g/mol. The predicted molar refractivity (Wildman–Crippen MR) is 66.5 cm³/mol. The zero-order valence-corrected chi connectivity index (χ0v) is 10.8. The summed E-state index contributed by atoms with van der Waals surface area (Å²) < 4.78 is 6.45. The van der Waals surface area contributed by atoms with Crippen LogP contribution in [0.5, 0.6) is 5.75 Å². The van der Waals surface area contributed by atoms with Crippen molar-refractivity contribution in [2.24, 2.45) is 5.92 Å². The minimum absolute atomic E-state index is 0.258. The first-order valence-electron chi connectivity index (χ1n) is 4.66. The number of aromatic carboxylic acids is 1. The molecular weight excluding hydrogens is 307 g/mol. The van der Waals surface area contributed by atoms with Gasteiger partial charge in [0.2, 0.25) is 0 Å². The molecule has 0 heterocycles. The van der Waals surface area contributed by atoms with E-state index < -0.39 is 5.97 Å². The second-order valence-corrected chi connectivity index (χ2v) is 4.82. The van der Waals surface area contributed by atoms with E-state index in [0.29, 0.717) is 18.3 Å². The molecule has 0 aliphatic heterocycles. The summed E-state index contributed by atoms with van der Waals surface area (Å²) >= 11 is 2.13. The fourth-order valence-electron chi connectivity index (χ4n) is 1.00. The molecule has 0 bridgehead atoms. The van der Waals surface area contributed by atoms with Crippen LogP contribution in [0, 0.1) is 9.49 Å². The van der Waals surface area contributed by atoms with Gasteiger partial charge >= 0.3 is 5.97 Å². The molecule has 0 spiro atoms. The van der Waals surface area contributed by atoms with Crippen molar-refractivity contribution >= 4 is 28.6 Å². The van der Waals surface area contributed by atoms with Crippen molar-refractivity contribution in [2.45, 2.75) is 13.8 Å². The number of carbonyl (C=O) groups is 1. The highest BCUT2D eigenvalue weighted by Gasteiger charge is 2.08. The molecule has 0 saturated heterocycles. The third-order valence-electron chi connectivity index (χ3n) is 1.75. The first-order valence-corrected chi connectivity index (χ1v) is 5.74. The summed E-state index contributed by atoms with van der Waals surface area (Å²) in [6, 6.07) is 4.89. The van der Waals surface area contributed by atoms with Crippen LogP contribution in [-0.4, -0.2) is 17.7 Å². The molecule has 1 rings (SSSR count). The molecule has 1 N–H and O–H groups in total. The third-order valence-corrected chi connectivity index (χ3v) is 2.64. The van der Waals surface area contributed by atoms with Crippen molar-refractivity contribution in [3.63, 3.8) is 0 Å². The van der Waals surface area contributed by atoms with Crippen LogP contribution in [0.3, 0.4) is 0 Å². The molecule has 15 heavy (non-hydrogen) atoms. The Hall–Kier alpha value is -0.780. The molecule has 0 saturated carbocycles. The number of benzene rings is 1. The number of carboxylic acids is 1. The third kappa shape index (κ3) is 3.70. The lowest BCUT2D eigenvalue weighted by atomic mass is 10.2. The van der Waals surface area contributed by atoms with E-state index >= 15 is 0 Å². The summed E-state index contributed by atoms with van der Waals surface area (Å²) in [7, 11) is 0. The second-order valence-electron chi connectivity index (χ2n) is 3.66. The van der Waals surface area contributed by atoms with Gasteiger partial charge in [0.25, 0.3) is 0 Å². The molecule has 0 aliphatic carbocycles.